The zero-order valence-electron chi connectivity index (χ0n) is 23.7. The van der Waals surface area contributed by atoms with Gasteiger partial charge in [0.1, 0.15) is 25.9 Å². The van der Waals surface area contributed by atoms with E-state index in [1.807, 2.05) is 6.92 Å². The van der Waals surface area contributed by atoms with Gasteiger partial charge in [0, 0.05) is 27.9 Å². The van der Waals surface area contributed by atoms with E-state index in [4.69, 9.17) is 5.73 Å². The number of azo groups is 1. The lowest BCUT2D eigenvalue weighted by Gasteiger charge is -2.14. The first-order chi connectivity index (χ1) is 20.8. The number of benzene rings is 3. The maximum Gasteiger partial charge on any atom is 0.295 e. The molecule has 1 atom stereocenters. The van der Waals surface area contributed by atoms with Crippen molar-refractivity contribution < 1.29 is 30.7 Å². The van der Waals surface area contributed by atoms with E-state index < -0.39 is 30.0 Å². The van der Waals surface area contributed by atoms with Crippen LogP contribution in [0.25, 0.3) is 21.9 Å². The van der Waals surface area contributed by atoms with Gasteiger partial charge in [-0.05, 0) is 48.7 Å². The summed E-state index contributed by atoms with van der Waals surface area (Å²) in [5.41, 5.74) is 7.54. The Balaban J connectivity index is 1.75. The SMILES string of the molecule is CCCCC(CC)C(=O)Nc1ccc(-c2c(/N=N/c3cc(S(=O)(=O)O)c4cccc(S(=O)(=O)O)c4c3)sc(N)c2C#N)cc1. The van der Waals surface area contributed by atoms with Gasteiger partial charge in [0.2, 0.25) is 5.91 Å². The maximum atomic E-state index is 12.7. The van der Waals surface area contributed by atoms with Crippen LogP contribution in [-0.2, 0) is 25.0 Å². The molecule has 0 aliphatic heterocycles. The lowest BCUT2D eigenvalue weighted by Crippen LogP contribution is -2.22. The summed E-state index contributed by atoms with van der Waals surface area (Å²) in [6.07, 6.45) is 3.47. The number of hydrogen-bond donors (Lipinski definition) is 4. The maximum absolute atomic E-state index is 12.7. The van der Waals surface area contributed by atoms with Crippen LogP contribution in [0.1, 0.15) is 45.1 Å². The van der Waals surface area contributed by atoms with Crippen LogP contribution < -0.4 is 11.1 Å². The quantitative estimate of drug-likeness (QED) is 0.0957. The first kappa shape index (κ1) is 32.7. The molecule has 0 aliphatic rings. The average molecular weight is 656 g/mol. The Morgan fingerprint density at radius 3 is 2.27 bits per heavy atom. The van der Waals surface area contributed by atoms with Crippen LogP contribution in [0.4, 0.5) is 21.4 Å². The minimum absolute atomic E-state index is 0.0718. The molecule has 1 amide bonds. The second-order valence-electron chi connectivity index (χ2n) is 9.89. The minimum Gasteiger partial charge on any atom is -0.389 e. The molecule has 230 valence electrons. The highest BCUT2D eigenvalue weighted by Gasteiger charge is 2.23. The van der Waals surface area contributed by atoms with E-state index in [2.05, 4.69) is 28.5 Å². The number of hydrogen-bond acceptors (Lipinski definition) is 10. The minimum atomic E-state index is -4.85. The van der Waals surface area contributed by atoms with E-state index >= 15 is 0 Å². The molecule has 15 heteroatoms. The third-order valence-corrected chi connectivity index (χ3v) is 9.66. The lowest BCUT2D eigenvalue weighted by molar-refractivity contribution is -0.120. The molecule has 1 aromatic heterocycles. The summed E-state index contributed by atoms with van der Waals surface area (Å²) in [6.45, 7) is 4.04. The molecule has 5 N–H and O–H groups in total. The van der Waals surface area contributed by atoms with Crippen LogP contribution >= 0.6 is 11.3 Å². The number of anilines is 2. The number of fused-ring (bicyclic) bond motifs is 1. The predicted molar refractivity (Wildman–Crippen MR) is 169 cm³/mol. The van der Waals surface area contributed by atoms with E-state index in [1.54, 1.807) is 24.3 Å². The molecule has 0 radical (unpaired) electrons. The van der Waals surface area contributed by atoms with Crippen molar-refractivity contribution in [2.24, 2.45) is 16.1 Å². The zero-order valence-corrected chi connectivity index (χ0v) is 26.1. The normalized spacial score (nSPS) is 12.8. The topological polar surface area (TPSA) is 212 Å². The molecule has 0 spiro atoms. The van der Waals surface area contributed by atoms with E-state index in [9.17, 15) is 36.0 Å². The fraction of sp³-hybridized carbons (Fsp3) is 0.241. The Kier molecular flexibility index (Phi) is 9.81. The monoisotopic (exact) mass is 655 g/mol. The Bertz CT molecular complexity index is 2010. The van der Waals surface area contributed by atoms with Crippen LogP contribution in [-0.4, -0.2) is 31.8 Å². The van der Waals surface area contributed by atoms with Crippen molar-refractivity contribution in [3.05, 3.63) is 60.2 Å². The van der Waals surface area contributed by atoms with Gasteiger partial charge in [-0.25, -0.2) is 0 Å². The van der Waals surface area contributed by atoms with Crippen molar-refractivity contribution >= 4 is 69.6 Å². The molecule has 0 saturated carbocycles. The molecule has 12 nitrogen and oxygen atoms in total. The summed E-state index contributed by atoms with van der Waals surface area (Å²) in [5.74, 6) is -0.175. The van der Waals surface area contributed by atoms with Gasteiger partial charge in [0.05, 0.1) is 11.3 Å². The number of amides is 1. The third kappa shape index (κ3) is 7.12. The number of carbonyl (C=O) groups excluding carboxylic acids is 1. The Morgan fingerprint density at radius 2 is 1.68 bits per heavy atom. The summed E-state index contributed by atoms with van der Waals surface area (Å²) in [4.78, 5) is 11.5. The average Bonchev–Trinajstić information content (AvgIpc) is 3.29. The van der Waals surface area contributed by atoms with Crippen LogP contribution in [0.3, 0.4) is 0 Å². The summed E-state index contributed by atoms with van der Waals surface area (Å²) in [6, 6.07) is 14.6. The largest absolute Gasteiger partial charge is 0.389 e. The van der Waals surface area contributed by atoms with Crippen molar-refractivity contribution in [2.75, 3.05) is 11.1 Å². The van der Waals surface area contributed by atoms with Crippen LogP contribution in [0.5, 0.6) is 0 Å². The van der Waals surface area contributed by atoms with E-state index in [0.717, 1.165) is 49.2 Å². The molecule has 4 rings (SSSR count). The summed E-state index contributed by atoms with van der Waals surface area (Å²) < 4.78 is 67.8. The molecule has 0 saturated heterocycles. The summed E-state index contributed by atoms with van der Waals surface area (Å²) in [5, 5.41) is 21.0. The van der Waals surface area contributed by atoms with Crippen LogP contribution in [0.15, 0.2) is 74.6 Å². The fourth-order valence-electron chi connectivity index (χ4n) is 4.73. The number of nitrogen functional groups attached to an aromatic ring is 1. The first-order valence-corrected chi connectivity index (χ1v) is 17.1. The number of nitrogens with zero attached hydrogens (tertiary/aromatic N) is 3. The van der Waals surface area contributed by atoms with Crippen molar-refractivity contribution in [3.8, 4) is 17.2 Å². The molecule has 0 fully saturated rings. The van der Waals surface area contributed by atoms with Crippen molar-refractivity contribution in [1.29, 1.82) is 5.26 Å². The standard InChI is InChI=1S/C29H29N5O7S3/c1-3-5-7-17(4-2)28(35)32-19-12-10-18(11-13-19)26-23(16-30)27(31)42-29(26)34-33-20-14-22-21(25(15-20)44(39,40)41)8-6-9-24(22)43(36,37)38/h6,8-15,17H,3-5,7,31H2,1-2H3,(H,32,35)(H,36,37,38)(H,39,40,41)/b34-33+. The highest BCUT2D eigenvalue weighted by molar-refractivity contribution is 7.86. The summed E-state index contributed by atoms with van der Waals surface area (Å²) in [7, 11) is -9.62. The van der Waals surface area contributed by atoms with Crippen LogP contribution in [0, 0.1) is 17.2 Å². The number of carbonyl (C=O) groups is 1. The molecule has 0 bridgehead atoms. The smallest absolute Gasteiger partial charge is 0.295 e. The fourth-order valence-corrected chi connectivity index (χ4v) is 7.01. The number of thiophene rings is 1. The van der Waals surface area contributed by atoms with Crippen molar-refractivity contribution in [3.63, 3.8) is 0 Å². The number of nitriles is 1. The van der Waals surface area contributed by atoms with Crippen molar-refractivity contribution in [1.82, 2.24) is 0 Å². The number of nitrogens with one attached hydrogen (secondary N) is 1. The Hall–Kier alpha value is -4.20. The number of unbranched alkanes of at least 4 members (excludes halogenated alkanes) is 1. The molecule has 3 aromatic carbocycles. The third-order valence-electron chi connectivity index (χ3n) is 6.95. The number of rotatable bonds is 11. The predicted octanol–water partition coefficient (Wildman–Crippen LogP) is 7.09. The summed E-state index contributed by atoms with van der Waals surface area (Å²) >= 11 is 0.951. The highest BCUT2D eigenvalue weighted by Crippen LogP contribution is 2.45. The second-order valence-corrected chi connectivity index (χ2v) is 13.7. The van der Waals surface area contributed by atoms with Crippen LogP contribution in [0.2, 0.25) is 0 Å². The Labute approximate surface area is 258 Å². The Morgan fingerprint density at radius 1 is 1.00 bits per heavy atom. The molecule has 44 heavy (non-hydrogen) atoms. The molecular weight excluding hydrogens is 627 g/mol. The highest BCUT2D eigenvalue weighted by atomic mass is 32.2. The molecule has 4 aromatic rings. The van der Waals surface area contributed by atoms with E-state index in [-0.39, 0.29) is 43.9 Å². The number of nitrogens with two attached hydrogens (primary N) is 1. The van der Waals surface area contributed by atoms with Gasteiger partial charge in [-0.2, -0.15) is 22.1 Å². The molecular formula is C29H29N5O7S3. The first-order valence-electron chi connectivity index (χ1n) is 13.5. The molecule has 1 unspecified atom stereocenters. The zero-order chi connectivity index (χ0) is 32.2. The van der Waals surface area contributed by atoms with Gasteiger partial charge in [0.15, 0.2) is 0 Å². The second kappa shape index (κ2) is 13.2. The molecule has 1 heterocycles. The van der Waals surface area contributed by atoms with Gasteiger partial charge in [0.25, 0.3) is 20.2 Å². The lowest BCUT2D eigenvalue weighted by atomic mass is 9.98. The van der Waals surface area contributed by atoms with Gasteiger partial charge >= 0.3 is 0 Å². The van der Waals surface area contributed by atoms with Crippen molar-refractivity contribution in [2.45, 2.75) is 49.3 Å². The van der Waals surface area contributed by atoms with E-state index in [1.165, 1.54) is 18.2 Å². The van der Waals surface area contributed by atoms with Gasteiger partial charge < -0.3 is 11.1 Å². The molecule has 0 aliphatic carbocycles. The van der Waals surface area contributed by atoms with E-state index in [0.29, 0.717) is 16.8 Å². The van der Waals surface area contributed by atoms with Gasteiger partial charge in [-0.15, -0.1) is 10.2 Å². The van der Waals surface area contributed by atoms with Gasteiger partial charge in [-0.1, -0.05) is 62.3 Å². The van der Waals surface area contributed by atoms with Gasteiger partial charge in [-0.3, -0.25) is 13.9 Å².